The minimum Gasteiger partial charge on any atom is -0.369 e. The van der Waals surface area contributed by atoms with Gasteiger partial charge < -0.3 is 20.4 Å². The standard InChI is InChI=1S/C24H33N5OS/c1-3-25-24(27-20-9-13-28(17-20)21-6-4-18(2)5-7-21)26-12-8-23(30)29-14-10-22-19(16-29)11-15-31-22/h4-7,11,15,20H,3,8-10,12-14,16-17H2,1-2H3,(H2,25,26,27). The number of fused-ring (bicyclic) bond motifs is 1. The van der Waals surface area contributed by atoms with E-state index < -0.39 is 0 Å². The van der Waals surface area contributed by atoms with Crippen molar-refractivity contribution >= 4 is 28.9 Å². The van der Waals surface area contributed by atoms with Gasteiger partial charge >= 0.3 is 0 Å². The van der Waals surface area contributed by atoms with Crippen LogP contribution in [-0.4, -0.2) is 55.5 Å². The maximum Gasteiger partial charge on any atom is 0.224 e. The maximum atomic E-state index is 12.7. The summed E-state index contributed by atoms with van der Waals surface area (Å²) in [6.45, 7) is 9.08. The molecule has 0 radical (unpaired) electrons. The third-order valence-corrected chi connectivity index (χ3v) is 7.05. The Morgan fingerprint density at radius 3 is 2.87 bits per heavy atom. The normalized spacial score (nSPS) is 18.8. The number of nitrogens with one attached hydrogen (secondary N) is 2. The number of carbonyl (C=O) groups is 1. The van der Waals surface area contributed by atoms with E-state index in [0.717, 1.165) is 51.5 Å². The highest BCUT2D eigenvalue weighted by Crippen LogP contribution is 2.24. The molecule has 3 heterocycles. The molecule has 2 aromatic rings. The Hall–Kier alpha value is -2.54. The number of rotatable bonds is 6. The molecule has 1 aromatic heterocycles. The van der Waals surface area contributed by atoms with Gasteiger partial charge in [0, 0.05) is 55.8 Å². The lowest BCUT2D eigenvalue weighted by atomic mass is 10.1. The number of hydrogen-bond donors (Lipinski definition) is 2. The molecule has 0 bridgehead atoms. The zero-order valence-electron chi connectivity index (χ0n) is 18.6. The first kappa shape index (κ1) is 21.7. The lowest BCUT2D eigenvalue weighted by molar-refractivity contribution is -0.131. The predicted octanol–water partition coefficient (Wildman–Crippen LogP) is 3.17. The maximum absolute atomic E-state index is 12.7. The molecule has 6 nitrogen and oxygen atoms in total. The summed E-state index contributed by atoms with van der Waals surface area (Å²) in [6, 6.07) is 11.2. The molecule has 1 atom stereocenters. The molecular weight excluding hydrogens is 406 g/mol. The van der Waals surface area contributed by atoms with Gasteiger partial charge in [-0.25, -0.2) is 0 Å². The first-order chi connectivity index (χ1) is 15.1. The predicted molar refractivity (Wildman–Crippen MR) is 129 cm³/mol. The number of thiophene rings is 1. The average Bonchev–Trinajstić information content (AvgIpc) is 3.43. The number of guanidine groups is 1. The third kappa shape index (κ3) is 5.58. The number of amides is 1. The van der Waals surface area contributed by atoms with Crippen LogP contribution in [0.25, 0.3) is 0 Å². The quantitative estimate of drug-likeness (QED) is 0.536. The summed E-state index contributed by atoms with van der Waals surface area (Å²) in [5.74, 6) is 1.01. The molecule has 1 aromatic carbocycles. The van der Waals surface area contributed by atoms with Crippen LogP contribution in [0.3, 0.4) is 0 Å². The number of anilines is 1. The average molecular weight is 440 g/mol. The van der Waals surface area contributed by atoms with Gasteiger partial charge in [-0.05, 0) is 55.8 Å². The van der Waals surface area contributed by atoms with Crippen LogP contribution in [0.4, 0.5) is 5.69 Å². The van der Waals surface area contributed by atoms with Crippen LogP contribution in [0, 0.1) is 6.92 Å². The van der Waals surface area contributed by atoms with E-state index in [1.54, 1.807) is 11.3 Å². The molecule has 2 aliphatic heterocycles. The van der Waals surface area contributed by atoms with E-state index in [0.29, 0.717) is 19.0 Å². The van der Waals surface area contributed by atoms with Crippen LogP contribution >= 0.6 is 11.3 Å². The second-order valence-electron chi connectivity index (χ2n) is 8.36. The minimum atomic E-state index is 0.197. The SMILES string of the molecule is CCNC(=NCCC(=O)N1CCc2sccc2C1)NC1CCN(c2ccc(C)cc2)C1. The number of benzene rings is 1. The summed E-state index contributed by atoms with van der Waals surface area (Å²) in [7, 11) is 0. The molecule has 1 fully saturated rings. The van der Waals surface area contributed by atoms with Gasteiger partial charge in [-0.2, -0.15) is 0 Å². The van der Waals surface area contributed by atoms with E-state index in [4.69, 9.17) is 0 Å². The Labute approximate surface area is 189 Å². The second-order valence-corrected chi connectivity index (χ2v) is 9.36. The molecule has 0 spiro atoms. The van der Waals surface area contributed by atoms with Gasteiger partial charge in [0.1, 0.15) is 0 Å². The zero-order chi connectivity index (χ0) is 21.6. The largest absolute Gasteiger partial charge is 0.369 e. The van der Waals surface area contributed by atoms with Crippen molar-refractivity contribution in [3.8, 4) is 0 Å². The Bertz CT molecular complexity index is 907. The first-order valence-corrected chi connectivity index (χ1v) is 12.2. The van der Waals surface area contributed by atoms with Gasteiger partial charge in [-0.1, -0.05) is 17.7 Å². The summed E-state index contributed by atoms with van der Waals surface area (Å²) in [5, 5.41) is 9.02. The van der Waals surface area contributed by atoms with Gasteiger partial charge in [0.05, 0.1) is 6.54 Å². The summed E-state index contributed by atoms with van der Waals surface area (Å²) in [4.78, 5) is 23.2. The highest BCUT2D eigenvalue weighted by Gasteiger charge is 2.24. The van der Waals surface area contributed by atoms with Crippen LogP contribution in [0.15, 0.2) is 40.7 Å². The lowest BCUT2D eigenvalue weighted by Crippen LogP contribution is -2.44. The molecule has 2 N–H and O–H groups in total. The number of nitrogens with zero attached hydrogens (tertiary/aromatic N) is 3. The Morgan fingerprint density at radius 2 is 2.06 bits per heavy atom. The fraction of sp³-hybridized carbons (Fsp3) is 0.500. The van der Waals surface area contributed by atoms with E-state index in [1.807, 2.05) is 4.90 Å². The Balaban J connectivity index is 1.26. The Kier molecular flexibility index (Phi) is 7.12. The highest BCUT2D eigenvalue weighted by molar-refractivity contribution is 7.10. The van der Waals surface area contributed by atoms with Crippen LogP contribution in [-0.2, 0) is 17.8 Å². The minimum absolute atomic E-state index is 0.197. The summed E-state index contributed by atoms with van der Waals surface area (Å²) >= 11 is 1.80. The molecule has 0 aliphatic carbocycles. The molecule has 1 saturated heterocycles. The lowest BCUT2D eigenvalue weighted by Gasteiger charge is -2.27. The van der Waals surface area contributed by atoms with Crippen LogP contribution in [0.5, 0.6) is 0 Å². The van der Waals surface area contributed by atoms with Crippen molar-refractivity contribution in [3.63, 3.8) is 0 Å². The molecular formula is C24H33N5OS. The van der Waals surface area contributed by atoms with Gasteiger partial charge in [-0.15, -0.1) is 11.3 Å². The fourth-order valence-corrected chi connectivity index (χ4v) is 5.15. The fourth-order valence-electron chi connectivity index (χ4n) is 4.26. The zero-order valence-corrected chi connectivity index (χ0v) is 19.4. The highest BCUT2D eigenvalue weighted by atomic mass is 32.1. The molecule has 7 heteroatoms. The summed E-state index contributed by atoms with van der Waals surface area (Å²) < 4.78 is 0. The Morgan fingerprint density at radius 1 is 1.23 bits per heavy atom. The van der Waals surface area contributed by atoms with Gasteiger partial charge in [0.25, 0.3) is 0 Å². The number of aryl methyl sites for hydroxylation is 1. The van der Waals surface area contributed by atoms with Crippen LogP contribution in [0.2, 0.25) is 0 Å². The van der Waals surface area contributed by atoms with Crippen LogP contribution in [0.1, 0.15) is 35.8 Å². The van der Waals surface area contributed by atoms with Crippen LogP contribution < -0.4 is 15.5 Å². The van der Waals surface area contributed by atoms with Crippen molar-refractivity contribution in [1.29, 1.82) is 0 Å². The molecule has 1 unspecified atom stereocenters. The third-order valence-electron chi connectivity index (χ3n) is 6.03. The topological polar surface area (TPSA) is 60.0 Å². The number of carbonyl (C=O) groups excluding carboxylic acids is 1. The van der Waals surface area contributed by atoms with Gasteiger partial charge in [-0.3, -0.25) is 9.79 Å². The van der Waals surface area contributed by atoms with E-state index in [1.165, 1.54) is 21.7 Å². The van der Waals surface area contributed by atoms with E-state index in [-0.39, 0.29) is 5.91 Å². The molecule has 2 aliphatic rings. The number of aliphatic imine (C=N–C) groups is 1. The van der Waals surface area contributed by atoms with Crippen molar-refractivity contribution in [1.82, 2.24) is 15.5 Å². The smallest absolute Gasteiger partial charge is 0.224 e. The van der Waals surface area contributed by atoms with Crippen molar-refractivity contribution in [2.75, 3.05) is 37.6 Å². The van der Waals surface area contributed by atoms with Crippen molar-refractivity contribution in [2.45, 2.75) is 45.7 Å². The second kappa shape index (κ2) is 10.2. The van der Waals surface area contributed by atoms with Crippen molar-refractivity contribution in [3.05, 3.63) is 51.7 Å². The van der Waals surface area contributed by atoms with E-state index in [9.17, 15) is 4.79 Å². The summed E-state index contributed by atoms with van der Waals surface area (Å²) in [6.07, 6.45) is 2.51. The van der Waals surface area contributed by atoms with Gasteiger partial charge in [0.15, 0.2) is 5.96 Å². The van der Waals surface area contributed by atoms with E-state index in [2.05, 4.69) is 70.1 Å². The molecule has 4 rings (SSSR count). The molecule has 166 valence electrons. The number of hydrogen-bond acceptors (Lipinski definition) is 4. The molecule has 0 saturated carbocycles. The monoisotopic (exact) mass is 439 g/mol. The summed E-state index contributed by atoms with van der Waals surface area (Å²) in [5.41, 5.74) is 3.87. The van der Waals surface area contributed by atoms with Crippen molar-refractivity contribution < 1.29 is 4.79 Å². The first-order valence-electron chi connectivity index (χ1n) is 11.3. The van der Waals surface area contributed by atoms with Crippen molar-refractivity contribution in [2.24, 2.45) is 4.99 Å². The van der Waals surface area contributed by atoms with Gasteiger partial charge in [0.2, 0.25) is 5.91 Å². The molecule has 1 amide bonds. The van der Waals surface area contributed by atoms with E-state index >= 15 is 0 Å². The molecule has 31 heavy (non-hydrogen) atoms.